The third-order valence-electron chi connectivity index (χ3n) is 3.19. The van der Waals surface area contributed by atoms with E-state index in [2.05, 4.69) is 22.3 Å². The van der Waals surface area contributed by atoms with E-state index in [9.17, 15) is 0 Å². The molecule has 0 spiro atoms. The van der Waals surface area contributed by atoms with Crippen molar-refractivity contribution in [2.45, 2.75) is 44.7 Å². The molecule has 2 atom stereocenters. The SMILES string of the molecule is CCn1ncnc1CNCC1CCC(Cl)C1. The minimum absolute atomic E-state index is 0.395. The van der Waals surface area contributed by atoms with Crippen LogP contribution in [0.15, 0.2) is 6.33 Å². The van der Waals surface area contributed by atoms with Gasteiger partial charge in [-0.15, -0.1) is 11.6 Å². The van der Waals surface area contributed by atoms with Crippen LogP contribution in [0, 0.1) is 5.92 Å². The molecule has 0 radical (unpaired) electrons. The molecule has 0 saturated heterocycles. The second-order valence-electron chi connectivity index (χ2n) is 4.40. The Bertz CT molecular complexity index is 326. The van der Waals surface area contributed by atoms with Gasteiger partial charge in [-0.2, -0.15) is 5.10 Å². The average molecular weight is 243 g/mol. The zero-order chi connectivity index (χ0) is 11.4. The lowest BCUT2D eigenvalue weighted by Crippen LogP contribution is -2.23. The maximum Gasteiger partial charge on any atom is 0.140 e. The smallest absolute Gasteiger partial charge is 0.140 e. The maximum atomic E-state index is 6.08. The molecule has 90 valence electrons. The van der Waals surface area contributed by atoms with Crippen molar-refractivity contribution < 1.29 is 0 Å². The van der Waals surface area contributed by atoms with Crippen LogP contribution in [-0.2, 0) is 13.1 Å². The van der Waals surface area contributed by atoms with E-state index in [-0.39, 0.29) is 0 Å². The van der Waals surface area contributed by atoms with Gasteiger partial charge in [-0.05, 0) is 38.6 Å². The van der Waals surface area contributed by atoms with E-state index < -0.39 is 0 Å². The highest BCUT2D eigenvalue weighted by Crippen LogP contribution is 2.28. The van der Waals surface area contributed by atoms with Crippen LogP contribution < -0.4 is 5.32 Å². The van der Waals surface area contributed by atoms with E-state index in [1.807, 2.05) is 4.68 Å². The predicted molar refractivity (Wildman–Crippen MR) is 64.4 cm³/mol. The number of aryl methyl sites for hydroxylation is 1. The van der Waals surface area contributed by atoms with Gasteiger partial charge in [-0.3, -0.25) is 0 Å². The van der Waals surface area contributed by atoms with Crippen LogP contribution in [0.4, 0.5) is 0 Å². The summed E-state index contributed by atoms with van der Waals surface area (Å²) in [4.78, 5) is 4.23. The molecule has 0 aliphatic heterocycles. The van der Waals surface area contributed by atoms with Crippen molar-refractivity contribution in [1.82, 2.24) is 20.1 Å². The van der Waals surface area contributed by atoms with Crippen LogP contribution >= 0.6 is 11.6 Å². The van der Waals surface area contributed by atoms with Gasteiger partial charge in [0.1, 0.15) is 12.2 Å². The van der Waals surface area contributed by atoms with Gasteiger partial charge in [0.2, 0.25) is 0 Å². The molecular weight excluding hydrogens is 224 g/mol. The summed E-state index contributed by atoms with van der Waals surface area (Å²) in [5.74, 6) is 1.75. The number of hydrogen-bond donors (Lipinski definition) is 1. The summed E-state index contributed by atoms with van der Waals surface area (Å²) in [5.41, 5.74) is 0. The Morgan fingerprint density at radius 2 is 2.44 bits per heavy atom. The monoisotopic (exact) mass is 242 g/mol. The topological polar surface area (TPSA) is 42.7 Å². The Labute approximate surface area is 101 Å². The van der Waals surface area contributed by atoms with Crippen LogP contribution in [0.2, 0.25) is 0 Å². The Balaban J connectivity index is 1.72. The van der Waals surface area contributed by atoms with Gasteiger partial charge in [0, 0.05) is 11.9 Å². The second-order valence-corrected chi connectivity index (χ2v) is 5.02. The fourth-order valence-electron chi connectivity index (χ4n) is 2.28. The van der Waals surface area contributed by atoms with Crippen molar-refractivity contribution >= 4 is 11.6 Å². The van der Waals surface area contributed by atoms with Gasteiger partial charge in [-0.25, -0.2) is 9.67 Å². The quantitative estimate of drug-likeness (QED) is 0.801. The number of nitrogens with zero attached hydrogens (tertiary/aromatic N) is 3. The molecule has 1 N–H and O–H groups in total. The molecule has 5 heteroatoms. The zero-order valence-corrected chi connectivity index (χ0v) is 10.5. The molecule has 0 bridgehead atoms. The highest BCUT2D eigenvalue weighted by Gasteiger charge is 2.22. The molecule has 16 heavy (non-hydrogen) atoms. The lowest BCUT2D eigenvalue weighted by atomic mass is 10.1. The summed E-state index contributed by atoms with van der Waals surface area (Å²) < 4.78 is 1.92. The van der Waals surface area contributed by atoms with E-state index in [4.69, 9.17) is 11.6 Å². The standard InChI is InChI=1S/C11H19ClN4/c1-2-16-11(14-8-15-16)7-13-6-9-3-4-10(12)5-9/h8-10,13H,2-7H2,1H3. The third-order valence-corrected chi connectivity index (χ3v) is 3.59. The Kier molecular flexibility index (Phi) is 4.18. The van der Waals surface area contributed by atoms with Gasteiger partial charge in [0.25, 0.3) is 0 Å². The number of aromatic nitrogens is 3. The number of alkyl halides is 1. The molecule has 1 aliphatic carbocycles. The first kappa shape index (κ1) is 11.9. The average Bonchev–Trinajstić information content (AvgIpc) is 2.87. The number of rotatable bonds is 5. The van der Waals surface area contributed by atoms with E-state index in [1.165, 1.54) is 12.8 Å². The predicted octanol–water partition coefficient (Wildman–Crippen LogP) is 1.80. The number of nitrogens with one attached hydrogen (secondary N) is 1. The first-order chi connectivity index (χ1) is 7.79. The van der Waals surface area contributed by atoms with Crippen molar-refractivity contribution in [3.05, 3.63) is 12.2 Å². The molecule has 2 unspecified atom stereocenters. The third kappa shape index (κ3) is 2.95. The first-order valence-electron chi connectivity index (χ1n) is 6.01. The number of halogens is 1. The molecule has 1 aromatic heterocycles. The lowest BCUT2D eigenvalue weighted by Gasteiger charge is -2.10. The summed E-state index contributed by atoms with van der Waals surface area (Å²) in [5, 5.41) is 7.98. The van der Waals surface area contributed by atoms with Gasteiger partial charge in [-0.1, -0.05) is 0 Å². The molecule has 4 nitrogen and oxygen atoms in total. The molecule has 1 saturated carbocycles. The van der Waals surface area contributed by atoms with Crippen molar-refractivity contribution in [2.75, 3.05) is 6.54 Å². The summed E-state index contributed by atoms with van der Waals surface area (Å²) in [6, 6.07) is 0. The normalized spacial score (nSPS) is 25.1. The Hall–Kier alpha value is -0.610. The first-order valence-corrected chi connectivity index (χ1v) is 6.44. The molecule has 2 rings (SSSR count). The minimum Gasteiger partial charge on any atom is -0.310 e. The molecule has 1 aliphatic rings. The molecule has 1 fully saturated rings. The Morgan fingerprint density at radius 3 is 3.12 bits per heavy atom. The summed E-state index contributed by atoms with van der Waals surface area (Å²) in [7, 11) is 0. The number of hydrogen-bond acceptors (Lipinski definition) is 3. The fourth-order valence-corrected chi connectivity index (χ4v) is 2.65. The van der Waals surface area contributed by atoms with Gasteiger partial charge in [0.15, 0.2) is 0 Å². The molecule has 0 aromatic carbocycles. The van der Waals surface area contributed by atoms with E-state index >= 15 is 0 Å². The largest absolute Gasteiger partial charge is 0.310 e. The van der Waals surface area contributed by atoms with Gasteiger partial charge < -0.3 is 5.32 Å². The highest BCUT2D eigenvalue weighted by atomic mass is 35.5. The summed E-state index contributed by atoms with van der Waals surface area (Å²) >= 11 is 6.08. The zero-order valence-electron chi connectivity index (χ0n) is 9.69. The van der Waals surface area contributed by atoms with Crippen molar-refractivity contribution in [3.8, 4) is 0 Å². The van der Waals surface area contributed by atoms with Crippen molar-refractivity contribution in [2.24, 2.45) is 5.92 Å². The Morgan fingerprint density at radius 1 is 1.56 bits per heavy atom. The fraction of sp³-hybridized carbons (Fsp3) is 0.818. The van der Waals surface area contributed by atoms with Crippen LogP contribution in [0.25, 0.3) is 0 Å². The maximum absolute atomic E-state index is 6.08. The van der Waals surface area contributed by atoms with E-state index in [1.54, 1.807) is 6.33 Å². The molecule has 0 amide bonds. The van der Waals surface area contributed by atoms with Crippen LogP contribution in [0.1, 0.15) is 32.0 Å². The lowest BCUT2D eigenvalue weighted by molar-refractivity contribution is 0.474. The summed E-state index contributed by atoms with van der Waals surface area (Å²) in [6.45, 7) is 4.80. The molecular formula is C11H19ClN4. The van der Waals surface area contributed by atoms with E-state index in [0.717, 1.165) is 37.8 Å². The van der Waals surface area contributed by atoms with Crippen molar-refractivity contribution in [3.63, 3.8) is 0 Å². The van der Waals surface area contributed by atoms with Crippen LogP contribution in [-0.4, -0.2) is 26.7 Å². The molecule has 1 aromatic rings. The van der Waals surface area contributed by atoms with Crippen molar-refractivity contribution in [1.29, 1.82) is 0 Å². The summed E-state index contributed by atoms with van der Waals surface area (Å²) in [6.07, 6.45) is 5.18. The van der Waals surface area contributed by atoms with E-state index in [0.29, 0.717) is 5.38 Å². The van der Waals surface area contributed by atoms with Gasteiger partial charge in [0.05, 0.1) is 6.54 Å². The minimum atomic E-state index is 0.395. The molecule has 1 heterocycles. The highest BCUT2D eigenvalue weighted by molar-refractivity contribution is 6.20. The van der Waals surface area contributed by atoms with Crippen LogP contribution in [0.3, 0.4) is 0 Å². The second kappa shape index (κ2) is 5.64. The van der Waals surface area contributed by atoms with Crippen LogP contribution in [0.5, 0.6) is 0 Å². The van der Waals surface area contributed by atoms with Gasteiger partial charge >= 0.3 is 0 Å².